The number of hydrogen-bond acceptors (Lipinski definition) is 7. The van der Waals surface area contributed by atoms with Crippen molar-refractivity contribution < 1.29 is 18.4 Å². The van der Waals surface area contributed by atoms with E-state index in [2.05, 4.69) is 4.98 Å². The van der Waals surface area contributed by atoms with Crippen LogP contribution in [0.15, 0.2) is 59.6 Å². The van der Waals surface area contributed by atoms with Crippen LogP contribution >= 0.6 is 0 Å². The van der Waals surface area contributed by atoms with E-state index in [1.165, 1.54) is 6.07 Å². The molecule has 32 heavy (non-hydrogen) atoms. The summed E-state index contributed by atoms with van der Waals surface area (Å²) in [4.78, 5) is 4.39. The van der Waals surface area contributed by atoms with Crippen molar-refractivity contribution in [1.82, 2.24) is 9.71 Å². The number of fused-ring (bicyclic) bond motifs is 1. The number of nitrogens with zero attached hydrogens (tertiary/aromatic N) is 2. The average molecular weight is 451 g/mol. The van der Waals surface area contributed by atoms with Gasteiger partial charge < -0.3 is 21.1 Å². The Hall–Kier alpha value is -3.85. The van der Waals surface area contributed by atoms with Gasteiger partial charge in [-0.15, -0.1) is 0 Å². The molecule has 2 aliphatic rings. The van der Waals surface area contributed by atoms with E-state index < -0.39 is 9.84 Å². The molecule has 0 unspecified atom stereocenters. The van der Waals surface area contributed by atoms with Crippen molar-refractivity contribution in [2.24, 2.45) is 0 Å². The first-order chi connectivity index (χ1) is 15.2. The molecule has 2 aliphatic heterocycles. The third-order valence-electron chi connectivity index (χ3n) is 5.28. The fourth-order valence-electron chi connectivity index (χ4n) is 3.49. The quantitative estimate of drug-likeness (QED) is 0.227. The molecule has 2 aromatic rings. The van der Waals surface area contributed by atoms with Gasteiger partial charge in [0.25, 0.3) is 0 Å². The third-order valence-corrected chi connectivity index (χ3v) is 7.01. The predicted octanol–water partition coefficient (Wildman–Crippen LogP) is 4.37. The van der Waals surface area contributed by atoms with Crippen LogP contribution in [-0.4, -0.2) is 35.3 Å². The maximum absolute atomic E-state index is 12.6. The molecule has 4 rings (SSSR count). The summed E-state index contributed by atoms with van der Waals surface area (Å²) in [5, 5.41) is 17.7. The van der Waals surface area contributed by atoms with E-state index in [0.717, 1.165) is 10.9 Å². The van der Waals surface area contributed by atoms with Crippen molar-refractivity contribution in [3.8, 4) is 34.0 Å². The minimum atomic E-state index is -3.46. The number of anilines is 1. The first kappa shape index (κ1) is 21.4. The minimum absolute atomic E-state index is 0.0357. The Morgan fingerprint density at radius 1 is 1.12 bits per heavy atom. The Balaban J connectivity index is 1.93. The smallest absolute Gasteiger partial charge is 0.178 e. The maximum atomic E-state index is 12.6. The van der Waals surface area contributed by atoms with E-state index in [1.807, 2.05) is 0 Å². The highest BCUT2D eigenvalue weighted by Gasteiger charge is 2.22. The van der Waals surface area contributed by atoms with E-state index in [-0.39, 0.29) is 10.6 Å². The highest BCUT2D eigenvalue weighted by molar-refractivity contribution is 7.91. The largest absolute Gasteiger partial charge is 0.457 e. The van der Waals surface area contributed by atoms with Crippen molar-refractivity contribution >= 4 is 21.7 Å². The number of aromatic nitrogens is 2. The maximum Gasteiger partial charge on any atom is 0.178 e. The molecule has 0 aliphatic carbocycles. The average Bonchev–Trinajstić information content (AvgIpc) is 3.27. The Labute approximate surface area is 185 Å². The normalized spacial score (nSPS) is 11.6. The van der Waals surface area contributed by atoms with Crippen LogP contribution in [0, 0.1) is 12.3 Å². The number of aryl methyl sites for hydroxylation is 1. The monoisotopic (exact) mass is 450 g/mol. The standard InChI is InChI=1S/C23H22N4O4S/c1-3-32(29,30)17-6-7-22(31-16-5-4-15(13-24)21(25)11-16)20(12-17)19-10-14(2)27(28)23-18(19)8-9-26-23/h4-13,24,28H,3,25H2,1-2H3. The van der Waals surface area contributed by atoms with Crippen LogP contribution in [0.2, 0.25) is 0 Å². The number of hydrogen-bond donors (Lipinski definition) is 3. The van der Waals surface area contributed by atoms with Gasteiger partial charge in [-0.1, -0.05) is 6.92 Å². The molecule has 9 heteroatoms. The topological polar surface area (TPSA) is 131 Å². The molecule has 8 nitrogen and oxygen atoms in total. The molecule has 0 radical (unpaired) electrons. The zero-order valence-corrected chi connectivity index (χ0v) is 18.3. The van der Waals surface area contributed by atoms with Gasteiger partial charge in [0.2, 0.25) is 0 Å². The number of ether oxygens (including phenoxy) is 1. The molecule has 0 aromatic heterocycles. The molecular weight excluding hydrogens is 428 g/mol. The van der Waals surface area contributed by atoms with Crippen LogP contribution in [-0.2, 0) is 9.84 Å². The predicted molar refractivity (Wildman–Crippen MR) is 123 cm³/mol. The molecule has 0 saturated heterocycles. The van der Waals surface area contributed by atoms with Crippen molar-refractivity contribution in [3.05, 3.63) is 66.0 Å². The Morgan fingerprint density at radius 3 is 2.59 bits per heavy atom. The van der Waals surface area contributed by atoms with Crippen LogP contribution in [0.4, 0.5) is 5.69 Å². The van der Waals surface area contributed by atoms with Gasteiger partial charge in [0.1, 0.15) is 11.5 Å². The number of pyridine rings is 1. The first-order valence-corrected chi connectivity index (χ1v) is 11.5. The highest BCUT2D eigenvalue weighted by Crippen LogP contribution is 2.41. The van der Waals surface area contributed by atoms with Crippen LogP contribution in [0.25, 0.3) is 22.5 Å². The molecule has 4 N–H and O–H groups in total. The second-order valence-corrected chi connectivity index (χ2v) is 9.57. The lowest BCUT2D eigenvalue weighted by Crippen LogP contribution is -2.06. The summed E-state index contributed by atoms with van der Waals surface area (Å²) in [6, 6.07) is 13.2. The van der Waals surface area contributed by atoms with Crippen molar-refractivity contribution in [1.29, 1.82) is 5.41 Å². The minimum Gasteiger partial charge on any atom is -0.457 e. The summed E-state index contributed by atoms with van der Waals surface area (Å²) in [6.45, 7) is 3.31. The lowest BCUT2D eigenvalue weighted by atomic mass is 9.98. The molecule has 0 atom stereocenters. The zero-order chi connectivity index (χ0) is 23.0. The molecule has 164 valence electrons. The summed E-state index contributed by atoms with van der Waals surface area (Å²) in [5.74, 6) is 1.18. The third kappa shape index (κ3) is 3.67. The van der Waals surface area contributed by atoms with E-state index in [1.54, 1.807) is 62.5 Å². The molecule has 0 fully saturated rings. The number of nitrogen functional groups attached to an aromatic ring is 1. The van der Waals surface area contributed by atoms with Gasteiger partial charge in [-0.2, -0.15) is 4.73 Å². The first-order valence-electron chi connectivity index (χ1n) is 9.86. The molecule has 0 amide bonds. The van der Waals surface area contributed by atoms with Crippen molar-refractivity contribution in [3.63, 3.8) is 0 Å². The van der Waals surface area contributed by atoms with E-state index in [4.69, 9.17) is 15.9 Å². The second kappa shape index (κ2) is 8.01. The van der Waals surface area contributed by atoms with Crippen molar-refractivity contribution in [2.75, 3.05) is 11.5 Å². The zero-order valence-electron chi connectivity index (χ0n) is 17.5. The molecule has 0 saturated carbocycles. The summed E-state index contributed by atoms with van der Waals surface area (Å²) in [7, 11) is -3.46. The Kier molecular flexibility index (Phi) is 5.35. The SMILES string of the molecule is CCS(=O)(=O)c1ccc(Oc2ccc(C=N)c(N)c2)c(-c2cc(C)n(O)c3nccc2-3)c1. The summed E-state index contributed by atoms with van der Waals surface area (Å²) in [5.41, 5.74) is 9.33. The van der Waals surface area contributed by atoms with Gasteiger partial charge in [-0.3, -0.25) is 0 Å². The molecule has 0 bridgehead atoms. The number of nitrogens with one attached hydrogen (secondary N) is 1. The van der Waals surface area contributed by atoms with Gasteiger partial charge in [0.15, 0.2) is 15.7 Å². The fourth-order valence-corrected chi connectivity index (χ4v) is 4.39. The number of sulfone groups is 1. The summed E-state index contributed by atoms with van der Waals surface area (Å²) >= 11 is 0. The molecule has 2 heterocycles. The van der Waals surface area contributed by atoms with E-state index in [0.29, 0.717) is 51.0 Å². The van der Waals surface area contributed by atoms with Crippen LogP contribution in [0.5, 0.6) is 11.5 Å². The van der Waals surface area contributed by atoms with Gasteiger partial charge >= 0.3 is 0 Å². The summed E-state index contributed by atoms with van der Waals surface area (Å²) in [6.07, 6.45) is 2.73. The molecule has 0 spiro atoms. The van der Waals surface area contributed by atoms with Gasteiger partial charge in [0.05, 0.1) is 16.3 Å². The van der Waals surface area contributed by atoms with Crippen molar-refractivity contribution in [2.45, 2.75) is 18.7 Å². The van der Waals surface area contributed by atoms with Gasteiger partial charge in [-0.05, 0) is 55.0 Å². The van der Waals surface area contributed by atoms with E-state index in [9.17, 15) is 13.6 Å². The second-order valence-electron chi connectivity index (χ2n) is 7.29. The lowest BCUT2D eigenvalue weighted by Gasteiger charge is -2.18. The number of benzene rings is 2. The highest BCUT2D eigenvalue weighted by atomic mass is 32.2. The molecule has 2 aromatic carbocycles. The van der Waals surface area contributed by atoms with Crippen LogP contribution < -0.4 is 10.5 Å². The van der Waals surface area contributed by atoms with Crippen LogP contribution in [0.3, 0.4) is 0 Å². The van der Waals surface area contributed by atoms with Crippen LogP contribution in [0.1, 0.15) is 18.2 Å². The number of nitrogens with two attached hydrogens (primary N) is 1. The van der Waals surface area contributed by atoms with Gasteiger partial charge in [-0.25, -0.2) is 13.4 Å². The summed E-state index contributed by atoms with van der Waals surface area (Å²) < 4.78 is 32.2. The molecular formula is C23H22N4O4S. The fraction of sp³-hybridized carbons (Fsp3) is 0.130. The van der Waals surface area contributed by atoms with E-state index >= 15 is 0 Å². The Morgan fingerprint density at radius 2 is 1.91 bits per heavy atom. The number of rotatable bonds is 6. The lowest BCUT2D eigenvalue weighted by molar-refractivity contribution is 0.180. The Bertz CT molecular complexity index is 1410. The van der Waals surface area contributed by atoms with Gasteiger partial charge in [0, 0.05) is 40.9 Å².